The maximum Gasteiger partial charge on any atom is 0.0407 e. The van der Waals surface area contributed by atoms with Gasteiger partial charge in [-0.05, 0) is 31.4 Å². The van der Waals surface area contributed by atoms with Crippen molar-refractivity contribution in [3.8, 4) is 0 Å². The lowest BCUT2D eigenvalue weighted by Gasteiger charge is -2.21. The zero-order valence-corrected chi connectivity index (χ0v) is 10.2. The van der Waals surface area contributed by atoms with Crippen LogP contribution in [0.25, 0.3) is 0 Å². The molecule has 0 aliphatic carbocycles. The highest BCUT2D eigenvalue weighted by molar-refractivity contribution is 9.08. The molecular formula is C12H16BrN. The van der Waals surface area contributed by atoms with Gasteiger partial charge in [0.05, 0.1) is 0 Å². The number of aryl methyl sites for hydroxylation is 1. The summed E-state index contributed by atoms with van der Waals surface area (Å²) >= 11 is 3.56. The van der Waals surface area contributed by atoms with Crippen LogP contribution in [0, 0.1) is 6.92 Å². The summed E-state index contributed by atoms with van der Waals surface area (Å²) in [6.45, 7) is 4.60. The van der Waals surface area contributed by atoms with E-state index >= 15 is 0 Å². The lowest BCUT2D eigenvalue weighted by Crippen LogP contribution is -2.18. The highest BCUT2D eigenvalue weighted by Gasteiger charge is 2.14. The summed E-state index contributed by atoms with van der Waals surface area (Å²) in [4.78, 5) is 2.50. The molecule has 1 aromatic rings. The Hall–Kier alpha value is -0.500. The van der Waals surface area contributed by atoms with E-state index in [4.69, 9.17) is 0 Å². The second-order valence-electron chi connectivity index (χ2n) is 3.96. The standard InChI is InChI=1S/C12H16BrN/c1-10-4-5-12(11(8-10)9-13)14-6-2-3-7-14/h4-5,8H,2-3,6-7,9H2,1H3. The largest absolute Gasteiger partial charge is 0.371 e. The van der Waals surface area contributed by atoms with Crippen LogP contribution in [0.2, 0.25) is 0 Å². The number of halogens is 1. The van der Waals surface area contributed by atoms with Gasteiger partial charge in [0.25, 0.3) is 0 Å². The maximum atomic E-state index is 3.56. The van der Waals surface area contributed by atoms with Crippen molar-refractivity contribution in [2.75, 3.05) is 18.0 Å². The van der Waals surface area contributed by atoms with Crippen LogP contribution in [-0.4, -0.2) is 13.1 Å². The van der Waals surface area contributed by atoms with Crippen molar-refractivity contribution >= 4 is 21.6 Å². The first-order valence-corrected chi connectivity index (χ1v) is 6.34. The van der Waals surface area contributed by atoms with Crippen LogP contribution in [0.3, 0.4) is 0 Å². The number of nitrogens with zero attached hydrogens (tertiary/aromatic N) is 1. The van der Waals surface area contributed by atoms with Crippen molar-refractivity contribution in [2.24, 2.45) is 0 Å². The van der Waals surface area contributed by atoms with Crippen molar-refractivity contribution in [2.45, 2.75) is 25.1 Å². The molecule has 2 rings (SSSR count). The summed E-state index contributed by atoms with van der Waals surface area (Å²) in [6, 6.07) is 6.75. The summed E-state index contributed by atoms with van der Waals surface area (Å²) in [7, 11) is 0. The quantitative estimate of drug-likeness (QED) is 0.730. The van der Waals surface area contributed by atoms with Crippen LogP contribution >= 0.6 is 15.9 Å². The van der Waals surface area contributed by atoms with Crippen LogP contribution in [0.5, 0.6) is 0 Å². The Morgan fingerprint density at radius 2 is 2.00 bits per heavy atom. The third-order valence-corrected chi connectivity index (χ3v) is 3.43. The van der Waals surface area contributed by atoms with Gasteiger partial charge in [-0.3, -0.25) is 0 Å². The minimum absolute atomic E-state index is 0.959. The number of rotatable bonds is 2. The van der Waals surface area contributed by atoms with Crippen molar-refractivity contribution < 1.29 is 0 Å². The molecule has 0 amide bonds. The van der Waals surface area contributed by atoms with Crippen molar-refractivity contribution in [3.05, 3.63) is 29.3 Å². The topological polar surface area (TPSA) is 3.24 Å². The Morgan fingerprint density at radius 1 is 1.29 bits per heavy atom. The van der Waals surface area contributed by atoms with Gasteiger partial charge in [-0.15, -0.1) is 0 Å². The molecule has 1 saturated heterocycles. The fourth-order valence-electron chi connectivity index (χ4n) is 2.09. The Balaban J connectivity index is 2.31. The van der Waals surface area contributed by atoms with Crippen LogP contribution in [-0.2, 0) is 5.33 Å². The first kappa shape index (κ1) is 10.0. The van der Waals surface area contributed by atoms with Gasteiger partial charge in [0.1, 0.15) is 0 Å². The minimum Gasteiger partial charge on any atom is -0.371 e. The molecular weight excluding hydrogens is 238 g/mol. The van der Waals surface area contributed by atoms with Gasteiger partial charge >= 0.3 is 0 Å². The fourth-order valence-corrected chi connectivity index (χ4v) is 2.54. The minimum atomic E-state index is 0.959. The van der Waals surface area contributed by atoms with Gasteiger partial charge in [-0.2, -0.15) is 0 Å². The van der Waals surface area contributed by atoms with E-state index in [1.165, 1.54) is 42.7 Å². The molecule has 0 unspecified atom stereocenters. The third kappa shape index (κ3) is 1.95. The Kier molecular flexibility index (Phi) is 3.12. The van der Waals surface area contributed by atoms with E-state index in [1.54, 1.807) is 0 Å². The second kappa shape index (κ2) is 4.35. The van der Waals surface area contributed by atoms with Crippen LogP contribution in [0.4, 0.5) is 5.69 Å². The molecule has 1 nitrogen and oxygen atoms in total. The Bertz CT molecular complexity index is 316. The number of anilines is 1. The van der Waals surface area contributed by atoms with Crippen LogP contribution in [0.1, 0.15) is 24.0 Å². The van der Waals surface area contributed by atoms with E-state index in [2.05, 4.69) is 46.0 Å². The lowest BCUT2D eigenvalue weighted by atomic mass is 10.1. The molecule has 1 heterocycles. The van der Waals surface area contributed by atoms with Gasteiger partial charge in [-0.25, -0.2) is 0 Å². The molecule has 0 N–H and O–H groups in total. The highest BCUT2D eigenvalue weighted by Crippen LogP contribution is 2.27. The van der Waals surface area contributed by atoms with Gasteiger partial charge in [0.15, 0.2) is 0 Å². The molecule has 0 bridgehead atoms. The molecule has 2 heteroatoms. The van der Waals surface area contributed by atoms with Crippen molar-refractivity contribution in [1.29, 1.82) is 0 Å². The van der Waals surface area contributed by atoms with Gasteiger partial charge in [0.2, 0.25) is 0 Å². The summed E-state index contributed by atoms with van der Waals surface area (Å²) in [5.41, 5.74) is 4.19. The number of alkyl halides is 1. The zero-order valence-electron chi connectivity index (χ0n) is 8.59. The normalized spacial score (nSPS) is 16.3. The van der Waals surface area contributed by atoms with Gasteiger partial charge in [0, 0.05) is 24.1 Å². The molecule has 1 aliphatic rings. The predicted molar refractivity (Wildman–Crippen MR) is 65.3 cm³/mol. The predicted octanol–water partition coefficient (Wildman–Crippen LogP) is 3.49. The van der Waals surface area contributed by atoms with E-state index in [-0.39, 0.29) is 0 Å². The summed E-state index contributed by atoms with van der Waals surface area (Å²) < 4.78 is 0. The van der Waals surface area contributed by atoms with E-state index in [9.17, 15) is 0 Å². The number of hydrogen-bond acceptors (Lipinski definition) is 1. The van der Waals surface area contributed by atoms with E-state index in [1.807, 2.05) is 0 Å². The molecule has 0 spiro atoms. The fraction of sp³-hybridized carbons (Fsp3) is 0.500. The lowest BCUT2D eigenvalue weighted by molar-refractivity contribution is 0.949. The average Bonchev–Trinajstić information content (AvgIpc) is 2.70. The maximum absolute atomic E-state index is 3.56. The molecule has 0 radical (unpaired) electrons. The molecule has 76 valence electrons. The molecule has 0 aromatic heterocycles. The van der Waals surface area contributed by atoms with Crippen LogP contribution < -0.4 is 4.90 Å². The molecule has 14 heavy (non-hydrogen) atoms. The molecule has 1 aromatic carbocycles. The highest BCUT2D eigenvalue weighted by atomic mass is 79.9. The third-order valence-electron chi connectivity index (χ3n) is 2.83. The summed E-state index contributed by atoms with van der Waals surface area (Å²) in [5, 5.41) is 0.959. The first-order chi connectivity index (χ1) is 6.81. The summed E-state index contributed by atoms with van der Waals surface area (Å²) in [6.07, 6.45) is 2.69. The Labute approximate surface area is 94.2 Å². The smallest absolute Gasteiger partial charge is 0.0407 e. The first-order valence-electron chi connectivity index (χ1n) is 5.21. The summed E-state index contributed by atoms with van der Waals surface area (Å²) in [5.74, 6) is 0. The molecule has 0 saturated carbocycles. The van der Waals surface area contributed by atoms with E-state index in [0.717, 1.165) is 5.33 Å². The average molecular weight is 254 g/mol. The number of benzene rings is 1. The van der Waals surface area contributed by atoms with E-state index < -0.39 is 0 Å². The zero-order chi connectivity index (χ0) is 9.97. The Morgan fingerprint density at radius 3 is 2.64 bits per heavy atom. The SMILES string of the molecule is Cc1ccc(N2CCCC2)c(CBr)c1. The van der Waals surface area contributed by atoms with Crippen LogP contribution in [0.15, 0.2) is 18.2 Å². The van der Waals surface area contributed by atoms with E-state index in [0.29, 0.717) is 0 Å². The monoisotopic (exact) mass is 253 g/mol. The molecule has 1 fully saturated rings. The molecule has 1 aliphatic heterocycles. The van der Waals surface area contributed by atoms with Crippen molar-refractivity contribution in [3.63, 3.8) is 0 Å². The second-order valence-corrected chi connectivity index (χ2v) is 4.52. The molecule has 0 atom stereocenters. The van der Waals surface area contributed by atoms with Gasteiger partial charge in [-0.1, -0.05) is 33.6 Å². The number of hydrogen-bond donors (Lipinski definition) is 0. The van der Waals surface area contributed by atoms with Crippen molar-refractivity contribution in [1.82, 2.24) is 0 Å². The van der Waals surface area contributed by atoms with Gasteiger partial charge < -0.3 is 4.90 Å².